The fourth-order valence-electron chi connectivity index (χ4n) is 2.65. The van der Waals surface area contributed by atoms with E-state index < -0.39 is 0 Å². The molecule has 1 atom stereocenters. The highest BCUT2D eigenvalue weighted by molar-refractivity contribution is 5.97. The lowest BCUT2D eigenvalue weighted by Crippen LogP contribution is -2.30. The van der Waals surface area contributed by atoms with Gasteiger partial charge in [0.1, 0.15) is 5.69 Å². The van der Waals surface area contributed by atoms with Crippen LogP contribution in [-0.2, 0) is 0 Å². The molecule has 3 N–H and O–H groups in total. The molecule has 0 unspecified atom stereocenters. The third-order valence-electron chi connectivity index (χ3n) is 3.72. The fourth-order valence-corrected chi connectivity index (χ4v) is 2.65. The predicted molar refractivity (Wildman–Crippen MR) is 76.3 cm³/mol. The average molecular weight is 257 g/mol. The van der Waals surface area contributed by atoms with E-state index in [9.17, 15) is 4.79 Å². The smallest absolute Gasteiger partial charge is 0.267 e. The summed E-state index contributed by atoms with van der Waals surface area (Å²) in [5, 5.41) is 7.48. The molecule has 100 valence electrons. The van der Waals surface area contributed by atoms with Gasteiger partial charge in [0, 0.05) is 23.5 Å². The van der Waals surface area contributed by atoms with Gasteiger partial charge in [-0.25, -0.2) is 0 Å². The Morgan fingerprint density at radius 3 is 3.05 bits per heavy atom. The van der Waals surface area contributed by atoms with Crippen molar-refractivity contribution in [3.05, 3.63) is 36.0 Å². The van der Waals surface area contributed by atoms with Gasteiger partial charge in [0.2, 0.25) is 0 Å². The van der Waals surface area contributed by atoms with E-state index in [0.717, 1.165) is 30.4 Å². The molecule has 2 heterocycles. The molecule has 1 aliphatic rings. The molecule has 1 saturated heterocycles. The van der Waals surface area contributed by atoms with Crippen LogP contribution in [0.15, 0.2) is 30.3 Å². The normalized spacial score (nSPS) is 18.8. The van der Waals surface area contributed by atoms with Gasteiger partial charge >= 0.3 is 0 Å². The van der Waals surface area contributed by atoms with Crippen LogP contribution in [0.1, 0.15) is 29.8 Å². The van der Waals surface area contributed by atoms with Crippen molar-refractivity contribution in [1.82, 2.24) is 15.6 Å². The van der Waals surface area contributed by atoms with Gasteiger partial charge in [-0.2, -0.15) is 0 Å². The number of nitrogens with one attached hydrogen (secondary N) is 3. The number of carbonyl (C=O) groups excluding carboxylic acids is 1. The summed E-state index contributed by atoms with van der Waals surface area (Å²) in [7, 11) is 0. The highest BCUT2D eigenvalue weighted by atomic mass is 16.1. The van der Waals surface area contributed by atoms with Crippen LogP contribution in [0.3, 0.4) is 0 Å². The van der Waals surface area contributed by atoms with E-state index in [1.165, 1.54) is 12.8 Å². The predicted octanol–water partition coefficient (Wildman–Crippen LogP) is 2.04. The number of hydrogen-bond acceptors (Lipinski definition) is 2. The summed E-state index contributed by atoms with van der Waals surface area (Å²) in [4.78, 5) is 15.2. The van der Waals surface area contributed by atoms with Crippen molar-refractivity contribution in [2.45, 2.75) is 25.3 Å². The monoisotopic (exact) mass is 257 g/mol. The number of aromatic nitrogens is 1. The van der Waals surface area contributed by atoms with Gasteiger partial charge in [-0.05, 0) is 37.9 Å². The van der Waals surface area contributed by atoms with Gasteiger partial charge in [-0.1, -0.05) is 18.2 Å². The summed E-state index contributed by atoms with van der Waals surface area (Å²) in [5.41, 5.74) is 1.64. The van der Waals surface area contributed by atoms with Gasteiger partial charge in [0.15, 0.2) is 0 Å². The van der Waals surface area contributed by atoms with Crippen molar-refractivity contribution < 1.29 is 4.79 Å². The third-order valence-corrected chi connectivity index (χ3v) is 3.72. The van der Waals surface area contributed by atoms with Crippen LogP contribution in [0, 0.1) is 0 Å². The number of H-pyrrole nitrogens is 1. The first-order valence-electron chi connectivity index (χ1n) is 6.92. The molecule has 1 fully saturated rings. The quantitative estimate of drug-likeness (QED) is 0.785. The minimum absolute atomic E-state index is 0.0193. The average Bonchev–Trinajstić information content (AvgIpc) is 3.07. The zero-order valence-electron chi connectivity index (χ0n) is 10.9. The molecule has 0 saturated carbocycles. The van der Waals surface area contributed by atoms with E-state index in [2.05, 4.69) is 15.6 Å². The molecule has 0 bridgehead atoms. The minimum Gasteiger partial charge on any atom is -0.351 e. The van der Waals surface area contributed by atoms with Crippen LogP contribution in [0.4, 0.5) is 0 Å². The Morgan fingerprint density at radius 1 is 1.37 bits per heavy atom. The number of para-hydroxylation sites is 1. The fraction of sp³-hybridized carbons (Fsp3) is 0.400. The van der Waals surface area contributed by atoms with Gasteiger partial charge in [0.05, 0.1) is 0 Å². The lowest BCUT2D eigenvalue weighted by molar-refractivity contribution is 0.0948. The molecule has 4 heteroatoms. The summed E-state index contributed by atoms with van der Waals surface area (Å²) >= 11 is 0. The van der Waals surface area contributed by atoms with Crippen molar-refractivity contribution in [3.8, 4) is 0 Å². The molecule has 0 spiro atoms. The Hall–Kier alpha value is -1.81. The van der Waals surface area contributed by atoms with Crippen LogP contribution in [-0.4, -0.2) is 30.0 Å². The number of fused-ring (bicyclic) bond motifs is 1. The molecule has 2 aromatic rings. The van der Waals surface area contributed by atoms with Crippen LogP contribution in [0.5, 0.6) is 0 Å². The van der Waals surface area contributed by atoms with Gasteiger partial charge < -0.3 is 15.6 Å². The Kier molecular flexibility index (Phi) is 3.51. The van der Waals surface area contributed by atoms with Gasteiger partial charge in [-0.3, -0.25) is 4.79 Å². The minimum atomic E-state index is -0.0193. The molecule has 1 aromatic heterocycles. The highest BCUT2D eigenvalue weighted by Crippen LogP contribution is 2.14. The molecule has 19 heavy (non-hydrogen) atoms. The summed E-state index contributed by atoms with van der Waals surface area (Å²) in [6.07, 6.45) is 3.48. The molecule has 0 aliphatic carbocycles. The molecular formula is C15H19N3O. The number of aromatic amines is 1. The van der Waals surface area contributed by atoms with E-state index in [0.29, 0.717) is 11.7 Å². The maximum atomic E-state index is 12.0. The van der Waals surface area contributed by atoms with Crippen molar-refractivity contribution in [2.24, 2.45) is 0 Å². The van der Waals surface area contributed by atoms with E-state index in [-0.39, 0.29) is 5.91 Å². The maximum Gasteiger partial charge on any atom is 0.267 e. The summed E-state index contributed by atoms with van der Waals surface area (Å²) in [6, 6.07) is 10.4. The van der Waals surface area contributed by atoms with Crippen molar-refractivity contribution in [1.29, 1.82) is 0 Å². The van der Waals surface area contributed by atoms with Crippen molar-refractivity contribution in [2.75, 3.05) is 13.1 Å². The lowest BCUT2D eigenvalue weighted by atomic mass is 10.1. The second-order valence-corrected chi connectivity index (χ2v) is 5.11. The SMILES string of the molecule is O=C(NCC[C@H]1CCCN1)c1cc2ccccc2[nH]1. The van der Waals surface area contributed by atoms with Crippen LogP contribution in [0.2, 0.25) is 0 Å². The first-order chi connectivity index (χ1) is 9.33. The Labute approximate surface area is 112 Å². The molecule has 1 amide bonds. The number of benzene rings is 1. The van der Waals surface area contributed by atoms with Crippen LogP contribution >= 0.6 is 0 Å². The summed E-state index contributed by atoms with van der Waals surface area (Å²) < 4.78 is 0. The lowest BCUT2D eigenvalue weighted by Gasteiger charge is -2.10. The Morgan fingerprint density at radius 2 is 2.26 bits per heavy atom. The number of carbonyl (C=O) groups is 1. The second kappa shape index (κ2) is 5.45. The Bertz CT molecular complexity index is 537. The molecule has 0 radical (unpaired) electrons. The summed E-state index contributed by atoms with van der Waals surface area (Å²) in [5.74, 6) is -0.0193. The van der Waals surface area contributed by atoms with Gasteiger partial charge in [-0.15, -0.1) is 0 Å². The highest BCUT2D eigenvalue weighted by Gasteiger charge is 2.14. The van der Waals surface area contributed by atoms with Crippen LogP contribution < -0.4 is 10.6 Å². The number of hydrogen-bond donors (Lipinski definition) is 3. The molecule has 1 aliphatic heterocycles. The van der Waals surface area contributed by atoms with Gasteiger partial charge in [0.25, 0.3) is 5.91 Å². The van der Waals surface area contributed by atoms with E-state index >= 15 is 0 Å². The topological polar surface area (TPSA) is 56.9 Å². The van der Waals surface area contributed by atoms with Crippen molar-refractivity contribution >= 4 is 16.8 Å². The molecule has 4 nitrogen and oxygen atoms in total. The number of rotatable bonds is 4. The largest absolute Gasteiger partial charge is 0.351 e. The molecule has 3 rings (SSSR count). The molecular weight excluding hydrogens is 238 g/mol. The second-order valence-electron chi connectivity index (χ2n) is 5.11. The zero-order valence-corrected chi connectivity index (χ0v) is 10.9. The van der Waals surface area contributed by atoms with E-state index in [4.69, 9.17) is 0 Å². The first-order valence-corrected chi connectivity index (χ1v) is 6.92. The summed E-state index contributed by atoms with van der Waals surface area (Å²) in [6.45, 7) is 1.84. The maximum absolute atomic E-state index is 12.0. The Balaban J connectivity index is 1.57. The van der Waals surface area contributed by atoms with E-state index in [1.54, 1.807) is 0 Å². The van der Waals surface area contributed by atoms with Crippen molar-refractivity contribution in [3.63, 3.8) is 0 Å². The number of amides is 1. The standard InChI is InChI=1S/C15H19N3O/c19-15(17-9-7-12-5-3-8-16-12)14-10-11-4-1-2-6-13(11)18-14/h1-2,4,6,10,12,16,18H,3,5,7-9H2,(H,17,19)/t12-/m1/s1. The third kappa shape index (κ3) is 2.79. The van der Waals surface area contributed by atoms with Crippen LogP contribution in [0.25, 0.3) is 10.9 Å². The zero-order chi connectivity index (χ0) is 13.1. The van der Waals surface area contributed by atoms with E-state index in [1.807, 2.05) is 30.3 Å². The first kappa shape index (κ1) is 12.2. The molecule has 1 aromatic carbocycles.